The zero-order chi connectivity index (χ0) is 8.49. The van der Waals surface area contributed by atoms with Gasteiger partial charge in [0.05, 0.1) is 26.4 Å². The lowest BCUT2D eigenvalue weighted by Gasteiger charge is -2.06. The molecule has 6 heteroatoms. The standard InChI is InChI=1S/2C3H6O3/c2*1-2-4-6-5-3-1/h2*1-3H2. The van der Waals surface area contributed by atoms with Crippen molar-refractivity contribution in [3.8, 4) is 0 Å². The summed E-state index contributed by atoms with van der Waals surface area (Å²) in [5, 5.41) is 8.14. The van der Waals surface area contributed by atoms with Crippen molar-refractivity contribution in [2.24, 2.45) is 0 Å². The third kappa shape index (κ3) is 5.42. The van der Waals surface area contributed by atoms with Gasteiger partial charge in [0.1, 0.15) is 0 Å². The van der Waals surface area contributed by atoms with Crippen molar-refractivity contribution in [3.05, 3.63) is 0 Å². The van der Waals surface area contributed by atoms with Crippen LogP contribution in [0.2, 0.25) is 0 Å². The SMILES string of the molecule is C1COOOC1.C1COOOC1. The van der Waals surface area contributed by atoms with Crippen LogP contribution in [0.3, 0.4) is 0 Å². The van der Waals surface area contributed by atoms with Gasteiger partial charge in [-0.25, -0.2) is 19.6 Å². The first-order chi connectivity index (χ1) is 6.00. The van der Waals surface area contributed by atoms with E-state index in [1.807, 2.05) is 0 Å². The molecule has 2 fully saturated rings. The lowest BCUT2D eigenvalue weighted by molar-refractivity contribution is -0.532. The molecule has 0 aromatic carbocycles. The van der Waals surface area contributed by atoms with Gasteiger partial charge in [0.2, 0.25) is 0 Å². The Morgan fingerprint density at radius 3 is 0.917 bits per heavy atom. The molecule has 72 valence electrons. The highest BCUT2D eigenvalue weighted by molar-refractivity contribution is 4.28. The highest BCUT2D eigenvalue weighted by atomic mass is 17.5. The Hall–Kier alpha value is -0.240. The molecule has 12 heavy (non-hydrogen) atoms. The summed E-state index contributed by atoms with van der Waals surface area (Å²) in [7, 11) is 0. The van der Waals surface area contributed by atoms with E-state index >= 15 is 0 Å². The van der Waals surface area contributed by atoms with Crippen LogP contribution in [-0.4, -0.2) is 26.4 Å². The molecule has 2 aliphatic heterocycles. The van der Waals surface area contributed by atoms with Crippen molar-refractivity contribution in [1.82, 2.24) is 0 Å². The van der Waals surface area contributed by atoms with E-state index in [1.54, 1.807) is 0 Å². The third-order valence-electron chi connectivity index (χ3n) is 1.10. The quantitative estimate of drug-likeness (QED) is 0.507. The first-order valence-electron chi connectivity index (χ1n) is 3.82. The molecule has 0 atom stereocenters. The maximum absolute atomic E-state index is 4.35. The predicted molar refractivity (Wildman–Crippen MR) is 35.2 cm³/mol. The van der Waals surface area contributed by atoms with Gasteiger partial charge < -0.3 is 0 Å². The molecule has 2 saturated heterocycles. The molecular formula is C6H12O6. The second-order valence-corrected chi connectivity index (χ2v) is 2.13. The maximum atomic E-state index is 4.35. The van der Waals surface area contributed by atoms with E-state index in [1.165, 1.54) is 0 Å². The summed E-state index contributed by atoms with van der Waals surface area (Å²) in [6.45, 7) is 2.61. The molecule has 0 amide bonds. The summed E-state index contributed by atoms with van der Waals surface area (Å²) in [5.74, 6) is 0. The minimum atomic E-state index is 0.653. The van der Waals surface area contributed by atoms with Crippen LogP contribution in [0.25, 0.3) is 0 Å². The Morgan fingerprint density at radius 1 is 0.500 bits per heavy atom. The van der Waals surface area contributed by atoms with Gasteiger partial charge in [-0.05, 0) is 0 Å². The van der Waals surface area contributed by atoms with Crippen molar-refractivity contribution in [3.63, 3.8) is 0 Å². The average Bonchev–Trinajstić information content (AvgIpc) is 2.24. The molecule has 6 nitrogen and oxygen atoms in total. The summed E-state index contributed by atoms with van der Waals surface area (Å²) >= 11 is 0. The molecule has 2 aliphatic rings. The Balaban J connectivity index is 0.000000120. The molecule has 0 spiro atoms. The molecule has 0 saturated carbocycles. The Kier molecular flexibility index (Phi) is 6.08. The summed E-state index contributed by atoms with van der Waals surface area (Å²) in [6.07, 6.45) is 1.86. The van der Waals surface area contributed by atoms with Gasteiger partial charge in [0, 0.05) is 12.8 Å². The van der Waals surface area contributed by atoms with Gasteiger partial charge in [-0.3, -0.25) is 0 Å². The minimum absolute atomic E-state index is 0.653. The van der Waals surface area contributed by atoms with E-state index < -0.39 is 0 Å². The monoisotopic (exact) mass is 180 g/mol. The Bertz CT molecular complexity index is 55.0. The second kappa shape index (κ2) is 7.41. The van der Waals surface area contributed by atoms with Crippen molar-refractivity contribution in [1.29, 1.82) is 0 Å². The van der Waals surface area contributed by atoms with Gasteiger partial charge in [0.25, 0.3) is 0 Å². The predicted octanol–water partition coefficient (Wildman–Crippen LogP) is 0.540. The average molecular weight is 180 g/mol. The van der Waals surface area contributed by atoms with Crippen molar-refractivity contribution >= 4 is 0 Å². The van der Waals surface area contributed by atoms with Gasteiger partial charge in [-0.15, -0.1) is 0 Å². The molecule has 0 aromatic rings. The van der Waals surface area contributed by atoms with Crippen LogP contribution in [0.15, 0.2) is 0 Å². The summed E-state index contributed by atoms with van der Waals surface area (Å²) in [6, 6.07) is 0. The van der Waals surface area contributed by atoms with E-state index in [2.05, 4.69) is 29.6 Å². The Morgan fingerprint density at radius 2 is 0.833 bits per heavy atom. The first-order valence-corrected chi connectivity index (χ1v) is 3.82. The van der Waals surface area contributed by atoms with Crippen LogP contribution in [0.4, 0.5) is 0 Å². The largest absolute Gasteiger partial charge is 0.206 e. The molecule has 0 N–H and O–H groups in total. The van der Waals surface area contributed by atoms with Gasteiger partial charge >= 0.3 is 0 Å². The zero-order valence-corrected chi connectivity index (χ0v) is 6.69. The minimum Gasteiger partial charge on any atom is -0.206 e. The first kappa shape index (κ1) is 9.85. The van der Waals surface area contributed by atoms with E-state index in [9.17, 15) is 0 Å². The molecule has 2 rings (SSSR count). The van der Waals surface area contributed by atoms with E-state index in [0.717, 1.165) is 12.8 Å². The molecule has 0 radical (unpaired) electrons. The smallest absolute Gasteiger partial charge is 0.0877 e. The number of hydrogen-bond acceptors (Lipinski definition) is 6. The second-order valence-electron chi connectivity index (χ2n) is 2.13. The highest BCUT2D eigenvalue weighted by Gasteiger charge is 1.97. The van der Waals surface area contributed by atoms with Crippen LogP contribution in [0.5, 0.6) is 0 Å². The number of hydrogen-bond donors (Lipinski definition) is 0. The fourth-order valence-corrected chi connectivity index (χ4v) is 0.558. The zero-order valence-electron chi connectivity index (χ0n) is 6.69. The van der Waals surface area contributed by atoms with E-state index in [4.69, 9.17) is 0 Å². The normalized spacial score (nSPS) is 24.0. The molecular weight excluding hydrogens is 168 g/mol. The molecule has 0 aliphatic carbocycles. The summed E-state index contributed by atoms with van der Waals surface area (Å²) in [4.78, 5) is 17.4. The lowest BCUT2D eigenvalue weighted by Crippen LogP contribution is -2.08. The van der Waals surface area contributed by atoms with Gasteiger partial charge in [-0.2, -0.15) is 0 Å². The van der Waals surface area contributed by atoms with Crippen LogP contribution < -0.4 is 0 Å². The topological polar surface area (TPSA) is 55.4 Å². The van der Waals surface area contributed by atoms with Crippen molar-refractivity contribution in [2.45, 2.75) is 12.8 Å². The molecule has 2 heterocycles. The van der Waals surface area contributed by atoms with Gasteiger partial charge in [0.15, 0.2) is 0 Å². The maximum Gasteiger partial charge on any atom is 0.0877 e. The third-order valence-corrected chi connectivity index (χ3v) is 1.10. The number of rotatable bonds is 0. The lowest BCUT2D eigenvalue weighted by atomic mass is 10.5. The highest BCUT2D eigenvalue weighted by Crippen LogP contribution is 1.94. The summed E-state index contributed by atoms with van der Waals surface area (Å²) < 4.78 is 0. The van der Waals surface area contributed by atoms with Crippen LogP contribution in [-0.2, 0) is 29.6 Å². The van der Waals surface area contributed by atoms with Crippen LogP contribution >= 0.6 is 0 Å². The Labute approximate surface area is 70.0 Å². The van der Waals surface area contributed by atoms with Crippen molar-refractivity contribution < 1.29 is 29.6 Å². The van der Waals surface area contributed by atoms with Crippen molar-refractivity contribution in [2.75, 3.05) is 26.4 Å². The van der Waals surface area contributed by atoms with E-state index in [-0.39, 0.29) is 0 Å². The molecule has 0 aromatic heterocycles. The van der Waals surface area contributed by atoms with Crippen LogP contribution in [0, 0.1) is 0 Å². The summed E-state index contributed by atoms with van der Waals surface area (Å²) in [5.41, 5.74) is 0. The fraction of sp³-hybridized carbons (Fsp3) is 1.00. The fourth-order valence-electron chi connectivity index (χ4n) is 0.558. The van der Waals surface area contributed by atoms with Crippen LogP contribution in [0.1, 0.15) is 12.8 Å². The molecule has 0 bridgehead atoms. The molecule has 0 unspecified atom stereocenters. The van der Waals surface area contributed by atoms with Gasteiger partial charge in [-0.1, -0.05) is 10.1 Å². The van der Waals surface area contributed by atoms with E-state index in [0.29, 0.717) is 26.4 Å².